The molecule has 0 unspecified atom stereocenters. The molecule has 12 heteroatoms. The predicted octanol–water partition coefficient (Wildman–Crippen LogP) is 1.78. The monoisotopic (exact) mass is 440 g/mol. The van der Waals surface area contributed by atoms with Crippen molar-refractivity contribution in [3.63, 3.8) is 0 Å². The molecule has 0 spiro atoms. The van der Waals surface area contributed by atoms with Gasteiger partial charge in [-0.05, 0) is 48.6 Å². The fraction of sp³-hybridized carbons (Fsp3) is 0. The molecule has 2 aromatic heterocycles. The Morgan fingerprint density at radius 3 is 2.47 bits per heavy atom. The molecule has 0 aliphatic heterocycles. The molecular weight excluding hydrogens is 424 g/mol. The van der Waals surface area contributed by atoms with Crippen molar-refractivity contribution in [1.29, 1.82) is 0 Å². The van der Waals surface area contributed by atoms with Gasteiger partial charge in [0.1, 0.15) is 6.33 Å². The third-order valence-electron chi connectivity index (χ3n) is 4.10. The Morgan fingerprint density at radius 1 is 1.03 bits per heavy atom. The van der Waals surface area contributed by atoms with Crippen LogP contribution in [0.1, 0.15) is 0 Å². The van der Waals surface area contributed by atoms with Gasteiger partial charge in [-0.25, -0.2) is 28.2 Å². The minimum Gasteiger partial charge on any atom is -0.331 e. The van der Waals surface area contributed by atoms with Crippen molar-refractivity contribution in [2.75, 3.05) is 10.7 Å². The highest BCUT2D eigenvalue weighted by Crippen LogP contribution is 2.22. The number of nitrogens with two attached hydrogens (primary N) is 1. The van der Waals surface area contributed by atoms with Gasteiger partial charge in [-0.2, -0.15) is 5.10 Å². The van der Waals surface area contributed by atoms with Gasteiger partial charge in [-0.15, -0.1) is 0 Å². The average molecular weight is 441 g/mol. The molecule has 30 heavy (non-hydrogen) atoms. The van der Waals surface area contributed by atoms with Crippen LogP contribution < -0.4 is 21.3 Å². The van der Waals surface area contributed by atoms with E-state index in [4.69, 9.17) is 17.4 Å². The van der Waals surface area contributed by atoms with Crippen molar-refractivity contribution in [2.45, 2.75) is 4.90 Å². The molecule has 0 atom stereocenters. The number of hydrogen-bond acceptors (Lipinski definition) is 7. The normalized spacial score (nSPS) is 11.2. The van der Waals surface area contributed by atoms with E-state index in [2.05, 4.69) is 31.2 Å². The smallest absolute Gasteiger partial charge is 0.238 e. The summed E-state index contributed by atoms with van der Waals surface area (Å²) in [5.74, 6) is 0.476. The molecule has 0 amide bonds. The number of rotatable bonds is 5. The Bertz CT molecular complexity index is 1310. The molecule has 0 saturated carbocycles. The van der Waals surface area contributed by atoms with Gasteiger partial charge >= 0.3 is 0 Å². The number of aromatic nitrogens is 4. The van der Waals surface area contributed by atoms with Gasteiger partial charge in [-0.3, -0.25) is 10.9 Å². The lowest BCUT2D eigenvalue weighted by molar-refractivity contribution is 0.598. The molecule has 0 bridgehead atoms. The summed E-state index contributed by atoms with van der Waals surface area (Å²) in [6.45, 7) is 0. The SMILES string of the molecule is NS(=O)(=O)c1ccc(-n2ncc3c(NNC(=S)Nc4ccccc4)ncnc32)cc1. The van der Waals surface area contributed by atoms with Gasteiger partial charge in [0.05, 0.1) is 22.2 Å². The Labute approximate surface area is 177 Å². The highest BCUT2D eigenvalue weighted by Gasteiger charge is 2.13. The lowest BCUT2D eigenvalue weighted by Crippen LogP contribution is -2.33. The van der Waals surface area contributed by atoms with Crippen LogP contribution >= 0.6 is 12.2 Å². The first-order chi connectivity index (χ1) is 14.4. The molecule has 152 valence electrons. The largest absolute Gasteiger partial charge is 0.331 e. The van der Waals surface area contributed by atoms with E-state index in [0.717, 1.165) is 5.69 Å². The van der Waals surface area contributed by atoms with Gasteiger partial charge in [0.25, 0.3) is 0 Å². The van der Waals surface area contributed by atoms with Crippen molar-refractivity contribution in [3.05, 3.63) is 67.1 Å². The number of hydrogen-bond donors (Lipinski definition) is 4. The van der Waals surface area contributed by atoms with Crippen LogP contribution in [0.15, 0.2) is 72.0 Å². The maximum absolute atomic E-state index is 11.4. The highest BCUT2D eigenvalue weighted by atomic mass is 32.2. The number of hydrazine groups is 1. The van der Waals surface area contributed by atoms with Crippen molar-refractivity contribution in [3.8, 4) is 5.69 Å². The molecule has 10 nitrogen and oxygen atoms in total. The van der Waals surface area contributed by atoms with E-state index >= 15 is 0 Å². The molecule has 0 aliphatic rings. The zero-order chi connectivity index (χ0) is 21.1. The predicted molar refractivity (Wildman–Crippen MR) is 117 cm³/mol. The van der Waals surface area contributed by atoms with Crippen LogP contribution in [-0.4, -0.2) is 33.3 Å². The van der Waals surface area contributed by atoms with Crippen LogP contribution in [0, 0.1) is 0 Å². The summed E-state index contributed by atoms with van der Waals surface area (Å²) >= 11 is 5.27. The second-order valence-electron chi connectivity index (χ2n) is 6.12. The zero-order valence-electron chi connectivity index (χ0n) is 15.4. The minimum absolute atomic E-state index is 0.0170. The first kappa shape index (κ1) is 19.7. The maximum atomic E-state index is 11.4. The van der Waals surface area contributed by atoms with Crippen LogP contribution in [0.25, 0.3) is 16.7 Å². The number of para-hydroxylation sites is 1. The second-order valence-corrected chi connectivity index (χ2v) is 8.09. The zero-order valence-corrected chi connectivity index (χ0v) is 17.0. The van der Waals surface area contributed by atoms with Crippen LogP contribution in [0.4, 0.5) is 11.5 Å². The summed E-state index contributed by atoms with van der Waals surface area (Å²) in [5, 5.41) is 13.5. The Hall–Kier alpha value is -3.61. The second kappa shape index (κ2) is 8.02. The van der Waals surface area contributed by atoms with Gasteiger partial charge in [0.15, 0.2) is 16.6 Å². The standard InChI is InChI=1S/C18H16N8O2S2/c19-30(27,28)14-8-6-13(7-9-14)26-17-15(10-22-26)16(20-11-21-17)24-25-18(29)23-12-4-2-1-3-5-12/h1-11H,(H2,19,27,28)(H,20,21,24)(H2,23,25,29). The van der Waals surface area contributed by atoms with E-state index in [0.29, 0.717) is 27.7 Å². The molecular formula is C18H16N8O2S2. The van der Waals surface area contributed by atoms with E-state index in [1.807, 2.05) is 30.3 Å². The van der Waals surface area contributed by atoms with Crippen LogP contribution in [0.2, 0.25) is 0 Å². The number of nitrogens with one attached hydrogen (secondary N) is 3. The van der Waals surface area contributed by atoms with Crippen molar-refractivity contribution in [1.82, 2.24) is 25.2 Å². The highest BCUT2D eigenvalue weighted by molar-refractivity contribution is 7.89. The summed E-state index contributed by atoms with van der Waals surface area (Å²) in [6.07, 6.45) is 2.98. The van der Waals surface area contributed by atoms with Gasteiger partial charge in [0, 0.05) is 5.69 Å². The molecule has 0 aliphatic carbocycles. The Kier molecular flexibility index (Phi) is 5.27. The summed E-state index contributed by atoms with van der Waals surface area (Å²) in [4.78, 5) is 8.51. The first-order valence-electron chi connectivity index (χ1n) is 8.62. The number of thiocarbonyl (C=S) groups is 1. The van der Waals surface area contributed by atoms with E-state index in [1.54, 1.807) is 23.0 Å². The third kappa shape index (κ3) is 4.20. The number of anilines is 2. The molecule has 0 radical (unpaired) electrons. The summed E-state index contributed by atoms with van der Waals surface area (Å²) < 4.78 is 24.4. The Balaban J connectivity index is 1.54. The molecule has 4 rings (SSSR count). The fourth-order valence-electron chi connectivity index (χ4n) is 2.71. The first-order valence-corrected chi connectivity index (χ1v) is 10.6. The quantitative estimate of drug-likeness (QED) is 0.270. The minimum atomic E-state index is -3.77. The lowest BCUT2D eigenvalue weighted by atomic mass is 10.3. The third-order valence-corrected chi connectivity index (χ3v) is 5.24. The summed E-state index contributed by atoms with van der Waals surface area (Å²) in [7, 11) is -3.77. The number of fused-ring (bicyclic) bond motifs is 1. The lowest BCUT2D eigenvalue weighted by Gasteiger charge is -2.12. The maximum Gasteiger partial charge on any atom is 0.238 e. The van der Waals surface area contributed by atoms with E-state index in [1.165, 1.54) is 18.5 Å². The van der Waals surface area contributed by atoms with Crippen molar-refractivity contribution < 1.29 is 8.42 Å². The van der Waals surface area contributed by atoms with E-state index < -0.39 is 10.0 Å². The van der Waals surface area contributed by atoms with Gasteiger partial charge in [-0.1, -0.05) is 18.2 Å². The van der Waals surface area contributed by atoms with Crippen LogP contribution in [0.3, 0.4) is 0 Å². The topological polar surface area (TPSA) is 140 Å². The number of benzene rings is 2. The summed E-state index contributed by atoms with van der Waals surface area (Å²) in [6, 6.07) is 15.5. The average Bonchev–Trinajstić information content (AvgIpc) is 3.17. The molecule has 4 aromatic rings. The van der Waals surface area contributed by atoms with Gasteiger partial charge < -0.3 is 5.32 Å². The molecule has 2 heterocycles. The van der Waals surface area contributed by atoms with Crippen LogP contribution in [-0.2, 0) is 10.0 Å². The molecule has 2 aromatic carbocycles. The number of nitrogens with zero attached hydrogens (tertiary/aromatic N) is 4. The molecule has 0 saturated heterocycles. The molecule has 5 N–H and O–H groups in total. The van der Waals surface area contributed by atoms with E-state index in [-0.39, 0.29) is 4.90 Å². The molecule has 0 fully saturated rings. The fourth-order valence-corrected chi connectivity index (χ4v) is 3.39. The van der Waals surface area contributed by atoms with E-state index in [9.17, 15) is 8.42 Å². The van der Waals surface area contributed by atoms with Crippen LogP contribution in [0.5, 0.6) is 0 Å². The number of sulfonamides is 1. The van der Waals surface area contributed by atoms with Crippen molar-refractivity contribution >= 4 is 49.9 Å². The van der Waals surface area contributed by atoms with Gasteiger partial charge in [0.2, 0.25) is 10.0 Å². The number of primary sulfonamides is 1. The Morgan fingerprint density at radius 2 is 1.77 bits per heavy atom. The summed E-state index contributed by atoms with van der Waals surface area (Å²) in [5.41, 5.74) is 7.82. The van der Waals surface area contributed by atoms with Crippen molar-refractivity contribution in [2.24, 2.45) is 5.14 Å².